The summed E-state index contributed by atoms with van der Waals surface area (Å²) in [6.07, 6.45) is 3.94. The van der Waals surface area contributed by atoms with Crippen LogP contribution in [0.2, 0.25) is 0 Å². The average molecular weight is 457 g/mol. The molecule has 0 aliphatic heterocycles. The normalized spacial score (nSPS) is 11.1. The minimum absolute atomic E-state index is 0.171. The summed E-state index contributed by atoms with van der Waals surface area (Å²) in [6.45, 7) is 7.19. The molecule has 0 atom stereocenters. The Kier molecular flexibility index (Phi) is 7.07. The third-order valence-corrected chi connectivity index (χ3v) is 5.67. The molecule has 7 heteroatoms. The van der Waals surface area contributed by atoms with E-state index in [1.54, 1.807) is 0 Å². The highest BCUT2D eigenvalue weighted by Gasteiger charge is 2.16. The van der Waals surface area contributed by atoms with Crippen molar-refractivity contribution in [3.05, 3.63) is 59.8 Å². The number of rotatable bonds is 9. The second-order valence-corrected chi connectivity index (χ2v) is 8.66. The predicted octanol–water partition coefficient (Wildman–Crippen LogP) is 5.77. The van der Waals surface area contributed by atoms with Gasteiger partial charge in [0.1, 0.15) is 0 Å². The van der Waals surface area contributed by atoms with Gasteiger partial charge in [0, 0.05) is 41.2 Å². The predicted molar refractivity (Wildman–Crippen MR) is 130 cm³/mol. The first kappa shape index (κ1) is 23.2. The maximum atomic E-state index is 11.6. The van der Waals surface area contributed by atoms with Crippen LogP contribution in [0.1, 0.15) is 44.7 Å². The van der Waals surface area contributed by atoms with Crippen molar-refractivity contribution in [3.63, 3.8) is 0 Å². The monoisotopic (exact) mass is 456 g/mol. The number of hydrogen-bond donors (Lipinski definition) is 0. The first-order valence-corrected chi connectivity index (χ1v) is 11.6. The van der Waals surface area contributed by atoms with E-state index in [-0.39, 0.29) is 5.97 Å². The van der Waals surface area contributed by atoms with Crippen LogP contribution in [0.3, 0.4) is 0 Å². The lowest BCUT2D eigenvalue weighted by Gasteiger charge is -2.07. The standard InChI is InChI=1S/C27H28N4O3/c1-4-33-25(32)9-6-13-31-14-12-22-23(7-5-8-24(22)31)26-29-27(34-30-26)20-11-10-19(15-18(2)3)21(16-20)17-28/h5,7-8,10-12,14,16,18H,4,6,9,13,15H2,1-3H3. The molecule has 2 aromatic heterocycles. The number of fused-ring (bicyclic) bond motifs is 1. The average Bonchev–Trinajstić information content (AvgIpc) is 3.47. The number of nitrogens with zero attached hydrogens (tertiary/aromatic N) is 4. The molecule has 0 aliphatic rings. The Bertz CT molecular complexity index is 1340. The van der Waals surface area contributed by atoms with E-state index < -0.39 is 0 Å². The van der Waals surface area contributed by atoms with Crippen LogP contribution in [-0.4, -0.2) is 27.3 Å². The van der Waals surface area contributed by atoms with Crippen molar-refractivity contribution in [2.75, 3.05) is 6.61 Å². The molecule has 0 N–H and O–H groups in total. The lowest BCUT2D eigenvalue weighted by atomic mass is 9.97. The molecular weight excluding hydrogens is 428 g/mol. The SMILES string of the molecule is CCOC(=O)CCCn1ccc2c(-c3noc(-c4ccc(CC(C)C)c(C#N)c4)n3)cccc21. The zero-order valence-electron chi connectivity index (χ0n) is 19.7. The summed E-state index contributed by atoms with van der Waals surface area (Å²) < 4.78 is 12.7. The molecule has 0 spiro atoms. The van der Waals surface area contributed by atoms with Crippen LogP contribution in [0, 0.1) is 17.2 Å². The lowest BCUT2D eigenvalue weighted by molar-refractivity contribution is -0.143. The number of hydrogen-bond acceptors (Lipinski definition) is 6. The highest BCUT2D eigenvalue weighted by atomic mass is 16.5. The number of aryl methyl sites for hydroxylation is 1. The quantitative estimate of drug-likeness (QED) is 0.297. The zero-order chi connectivity index (χ0) is 24.1. The summed E-state index contributed by atoms with van der Waals surface area (Å²) in [7, 11) is 0. The van der Waals surface area contributed by atoms with Gasteiger partial charge in [-0.2, -0.15) is 10.2 Å². The molecule has 0 saturated heterocycles. The Labute approximate surface area is 199 Å². The maximum absolute atomic E-state index is 11.6. The second-order valence-electron chi connectivity index (χ2n) is 8.66. The number of esters is 1. The summed E-state index contributed by atoms with van der Waals surface area (Å²) in [4.78, 5) is 16.2. The fraction of sp³-hybridized carbons (Fsp3) is 0.333. The first-order chi connectivity index (χ1) is 16.5. The zero-order valence-corrected chi connectivity index (χ0v) is 19.7. The maximum Gasteiger partial charge on any atom is 0.305 e. The second kappa shape index (κ2) is 10.3. The van der Waals surface area contributed by atoms with Crippen LogP contribution in [-0.2, 0) is 22.5 Å². The van der Waals surface area contributed by atoms with E-state index >= 15 is 0 Å². The number of carbonyl (C=O) groups excluding carboxylic acids is 1. The summed E-state index contributed by atoms with van der Waals surface area (Å²) >= 11 is 0. The van der Waals surface area contributed by atoms with Crippen molar-refractivity contribution < 1.29 is 14.1 Å². The van der Waals surface area contributed by atoms with Gasteiger partial charge in [-0.05, 0) is 55.5 Å². The van der Waals surface area contributed by atoms with E-state index in [9.17, 15) is 10.1 Å². The molecule has 4 rings (SSSR count). The largest absolute Gasteiger partial charge is 0.466 e. The topological polar surface area (TPSA) is 93.9 Å². The summed E-state index contributed by atoms with van der Waals surface area (Å²) in [6, 6.07) is 16.0. The van der Waals surface area contributed by atoms with Crippen LogP contribution < -0.4 is 0 Å². The van der Waals surface area contributed by atoms with E-state index in [1.165, 1.54) is 0 Å². The van der Waals surface area contributed by atoms with Crippen molar-refractivity contribution in [2.24, 2.45) is 5.92 Å². The van der Waals surface area contributed by atoms with Gasteiger partial charge in [0.05, 0.1) is 18.2 Å². The van der Waals surface area contributed by atoms with E-state index in [1.807, 2.05) is 55.6 Å². The van der Waals surface area contributed by atoms with Gasteiger partial charge in [0.2, 0.25) is 5.82 Å². The summed E-state index contributed by atoms with van der Waals surface area (Å²) in [5.41, 5.74) is 4.29. The van der Waals surface area contributed by atoms with E-state index in [4.69, 9.17) is 9.26 Å². The number of carbonyl (C=O) groups is 1. The molecule has 7 nitrogen and oxygen atoms in total. The highest BCUT2D eigenvalue weighted by Crippen LogP contribution is 2.30. The first-order valence-electron chi connectivity index (χ1n) is 11.6. The van der Waals surface area contributed by atoms with E-state index in [0.29, 0.717) is 49.2 Å². The molecule has 2 heterocycles. The van der Waals surface area contributed by atoms with E-state index in [2.05, 4.69) is 34.6 Å². The van der Waals surface area contributed by atoms with Crippen molar-refractivity contribution in [2.45, 2.75) is 46.6 Å². The molecule has 174 valence electrons. The van der Waals surface area contributed by atoms with Crippen molar-refractivity contribution in [3.8, 4) is 28.9 Å². The Hall–Kier alpha value is -3.92. The van der Waals surface area contributed by atoms with Gasteiger partial charge in [-0.25, -0.2) is 0 Å². The molecule has 0 amide bonds. The van der Waals surface area contributed by atoms with Gasteiger partial charge in [-0.15, -0.1) is 0 Å². The van der Waals surface area contributed by atoms with Gasteiger partial charge in [0.25, 0.3) is 5.89 Å². The van der Waals surface area contributed by atoms with Gasteiger partial charge in [-0.3, -0.25) is 4.79 Å². The van der Waals surface area contributed by atoms with Gasteiger partial charge in [0.15, 0.2) is 0 Å². The van der Waals surface area contributed by atoms with Crippen molar-refractivity contribution >= 4 is 16.9 Å². The van der Waals surface area contributed by atoms with Crippen LogP contribution in [0.15, 0.2) is 53.2 Å². The smallest absolute Gasteiger partial charge is 0.305 e. The van der Waals surface area contributed by atoms with Crippen molar-refractivity contribution in [1.29, 1.82) is 5.26 Å². The molecule has 0 radical (unpaired) electrons. The fourth-order valence-electron chi connectivity index (χ4n) is 4.12. The molecular formula is C27H28N4O3. The van der Waals surface area contributed by atoms with Gasteiger partial charge in [-0.1, -0.05) is 37.2 Å². The fourth-order valence-corrected chi connectivity index (χ4v) is 4.12. The Balaban J connectivity index is 1.57. The molecule has 0 aliphatic carbocycles. The molecule has 0 fully saturated rings. The van der Waals surface area contributed by atoms with Crippen LogP contribution in [0.4, 0.5) is 0 Å². The molecule has 4 aromatic rings. The molecule has 2 aromatic carbocycles. The third kappa shape index (κ3) is 5.01. The minimum Gasteiger partial charge on any atom is -0.466 e. The number of ether oxygens (including phenoxy) is 1. The summed E-state index contributed by atoms with van der Waals surface area (Å²) in [5.74, 6) is 1.17. The van der Waals surface area contributed by atoms with Gasteiger partial charge < -0.3 is 13.8 Å². The molecule has 0 bridgehead atoms. The van der Waals surface area contributed by atoms with Crippen molar-refractivity contribution in [1.82, 2.24) is 14.7 Å². The van der Waals surface area contributed by atoms with Crippen LogP contribution in [0.25, 0.3) is 33.7 Å². The molecule has 0 saturated carbocycles. The Morgan fingerprint density at radius 3 is 2.85 bits per heavy atom. The van der Waals surface area contributed by atoms with Gasteiger partial charge >= 0.3 is 5.97 Å². The highest BCUT2D eigenvalue weighted by molar-refractivity contribution is 5.94. The Morgan fingerprint density at radius 1 is 1.24 bits per heavy atom. The molecule has 34 heavy (non-hydrogen) atoms. The molecule has 0 unspecified atom stereocenters. The number of aromatic nitrogens is 3. The van der Waals surface area contributed by atoms with Crippen LogP contribution in [0.5, 0.6) is 0 Å². The van der Waals surface area contributed by atoms with Crippen LogP contribution >= 0.6 is 0 Å². The van der Waals surface area contributed by atoms with E-state index in [0.717, 1.165) is 34.0 Å². The summed E-state index contributed by atoms with van der Waals surface area (Å²) in [5, 5.41) is 14.8. The number of benzene rings is 2. The minimum atomic E-state index is -0.171. The lowest BCUT2D eigenvalue weighted by Crippen LogP contribution is -2.05. The number of nitriles is 1. The third-order valence-electron chi connectivity index (χ3n) is 5.67. The Morgan fingerprint density at radius 2 is 2.09 bits per heavy atom.